The van der Waals surface area contributed by atoms with Crippen molar-refractivity contribution in [3.05, 3.63) is 77.0 Å². The van der Waals surface area contributed by atoms with Gasteiger partial charge in [0.25, 0.3) is 5.91 Å². The molecule has 0 aromatic heterocycles. The number of nitrogens with zero attached hydrogens (tertiary/aromatic N) is 1. The molecule has 0 spiro atoms. The molecule has 1 unspecified atom stereocenters. The smallest absolute Gasteiger partial charge is 0.276 e. The fraction of sp³-hybridized carbons (Fsp3) is 0.273. The molecule has 7 heteroatoms. The number of rotatable bonds is 9. The third kappa shape index (κ3) is 5.82. The molecular formula is C22H24N4O3. The van der Waals surface area contributed by atoms with E-state index in [4.69, 9.17) is 14.9 Å². The summed E-state index contributed by atoms with van der Waals surface area (Å²) in [6, 6.07) is 16.3. The monoisotopic (exact) mass is 392 g/mol. The first kappa shape index (κ1) is 20.4. The van der Waals surface area contributed by atoms with E-state index in [-0.39, 0.29) is 18.6 Å². The first-order valence-corrected chi connectivity index (χ1v) is 9.56. The van der Waals surface area contributed by atoms with Gasteiger partial charge in [-0.15, -0.1) is 0 Å². The molecule has 0 aliphatic carbocycles. The largest absolute Gasteiger partial charge is 0.384 e. The second kappa shape index (κ2) is 10.3. The molecule has 1 aliphatic rings. The summed E-state index contributed by atoms with van der Waals surface area (Å²) in [5.41, 5.74) is 9.16. The van der Waals surface area contributed by atoms with Crippen molar-refractivity contribution in [2.75, 3.05) is 11.9 Å². The molecule has 3 rings (SSSR count). The van der Waals surface area contributed by atoms with Crippen LogP contribution in [0.15, 0.2) is 60.3 Å². The van der Waals surface area contributed by atoms with Gasteiger partial charge in [-0.05, 0) is 48.7 Å². The van der Waals surface area contributed by atoms with Crippen LogP contribution in [0, 0.1) is 11.3 Å². The van der Waals surface area contributed by atoms with Gasteiger partial charge >= 0.3 is 0 Å². The minimum Gasteiger partial charge on any atom is -0.384 e. The highest BCUT2D eigenvalue weighted by Crippen LogP contribution is 2.17. The van der Waals surface area contributed by atoms with Gasteiger partial charge in [0.05, 0.1) is 23.8 Å². The van der Waals surface area contributed by atoms with Crippen LogP contribution in [0.25, 0.3) is 0 Å². The molecule has 150 valence electrons. The zero-order valence-electron chi connectivity index (χ0n) is 16.3. The Bertz CT molecular complexity index is 903. The normalized spacial score (nSPS) is 15.2. The van der Waals surface area contributed by atoms with Gasteiger partial charge in [0.2, 0.25) is 0 Å². The minimum absolute atomic E-state index is 0.0224. The number of allylic oxidation sites excluding steroid dienone is 1. The maximum Gasteiger partial charge on any atom is 0.276 e. The number of para-hydroxylation sites is 1. The molecule has 1 aliphatic heterocycles. The van der Waals surface area contributed by atoms with Gasteiger partial charge in [-0.2, -0.15) is 5.26 Å². The molecule has 0 fully saturated rings. The summed E-state index contributed by atoms with van der Waals surface area (Å²) < 4.78 is 0. The Balaban J connectivity index is 1.49. The van der Waals surface area contributed by atoms with Crippen molar-refractivity contribution < 1.29 is 14.5 Å². The van der Waals surface area contributed by atoms with Crippen LogP contribution >= 0.6 is 0 Å². The van der Waals surface area contributed by atoms with E-state index in [1.54, 1.807) is 36.4 Å². The highest BCUT2D eigenvalue weighted by molar-refractivity contribution is 5.98. The zero-order chi connectivity index (χ0) is 20.5. The van der Waals surface area contributed by atoms with Crippen LogP contribution in [0.5, 0.6) is 0 Å². The predicted octanol–water partition coefficient (Wildman–Crippen LogP) is 3.42. The van der Waals surface area contributed by atoms with Crippen LogP contribution < -0.4 is 16.3 Å². The number of carbonyl (C=O) groups is 1. The van der Waals surface area contributed by atoms with Gasteiger partial charge < -0.3 is 5.32 Å². The Morgan fingerprint density at radius 1 is 1.24 bits per heavy atom. The average Bonchev–Trinajstić information content (AvgIpc) is 3.22. The number of hydrogen-bond acceptors (Lipinski definition) is 6. The van der Waals surface area contributed by atoms with E-state index in [9.17, 15) is 4.79 Å². The van der Waals surface area contributed by atoms with E-state index in [0.29, 0.717) is 17.7 Å². The summed E-state index contributed by atoms with van der Waals surface area (Å²) in [5, 5.41) is 12.1. The number of nitrogens with one attached hydrogen (secondary N) is 3. The highest BCUT2D eigenvalue weighted by atomic mass is 16.7. The number of hydroxylamine groups is 2. The fourth-order valence-corrected chi connectivity index (χ4v) is 2.88. The van der Waals surface area contributed by atoms with Crippen LogP contribution in [-0.4, -0.2) is 18.6 Å². The van der Waals surface area contributed by atoms with Gasteiger partial charge in [-0.25, -0.2) is 5.48 Å². The maximum atomic E-state index is 12.5. The molecule has 0 saturated carbocycles. The molecule has 7 nitrogen and oxygen atoms in total. The lowest BCUT2D eigenvalue weighted by Crippen LogP contribution is -2.25. The van der Waals surface area contributed by atoms with Crippen LogP contribution in [0.2, 0.25) is 0 Å². The molecule has 0 saturated heterocycles. The Morgan fingerprint density at radius 2 is 2.03 bits per heavy atom. The molecule has 1 heterocycles. The summed E-state index contributed by atoms with van der Waals surface area (Å²) in [5.74, 6) is -0.325. The summed E-state index contributed by atoms with van der Waals surface area (Å²) in [7, 11) is 0. The van der Waals surface area contributed by atoms with E-state index in [1.165, 1.54) is 0 Å². The lowest BCUT2D eigenvalue weighted by molar-refractivity contribution is 0.0234. The third-order valence-electron chi connectivity index (χ3n) is 4.51. The Kier molecular flexibility index (Phi) is 7.22. The summed E-state index contributed by atoms with van der Waals surface area (Å²) in [4.78, 5) is 23.3. The summed E-state index contributed by atoms with van der Waals surface area (Å²) in [6.45, 7) is 2.95. The molecule has 1 atom stereocenters. The maximum absolute atomic E-state index is 12.5. The summed E-state index contributed by atoms with van der Waals surface area (Å²) in [6.07, 6.45) is 3.79. The van der Waals surface area contributed by atoms with E-state index >= 15 is 0 Å². The Hall–Kier alpha value is -3.34. The van der Waals surface area contributed by atoms with Crippen LogP contribution in [-0.2, 0) is 16.3 Å². The van der Waals surface area contributed by atoms with Gasteiger partial charge in [0.1, 0.15) is 6.10 Å². The van der Waals surface area contributed by atoms with Crippen molar-refractivity contribution in [2.45, 2.75) is 32.5 Å². The van der Waals surface area contributed by atoms with Gasteiger partial charge in [-0.3, -0.25) is 19.9 Å². The highest BCUT2D eigenvalue weighted by Gasteiger charge is 2.15. The first-order chi connectivity index (χ1) is 14.2. The number of carbonyl (C=O) groups excluding carboxylic acids is 1. The predicted molar refractivity (Wildman–Crippen MR) is 109 cm³/mol. The summed E-state index contributed by atoms with van der Waals surface area (Å²) >= 11 is 0. The Morgan fingerprint density at radius 3 is 2.76 bits per heavy atom. The molecule has 3 N–H and O–H groups in total. The van der Waals surface area contributed by atoms with Crippen LogP contribution in [0.3, 0.4) is 0 Å². The topological polar surface area (TPSA) is 95.4 Å². The molecule has 2 aromatic carbocycles. The van der Waals surface area contributed by atoms with Crippen LogP contribution in [0.4, 0.5) is 5.69 Å². The van der Waals surface area contributed by atoms with Crippen molar-refractivity contribution in [3.63, 3.8) is 0 Å². The van der Waals surface area contributed by atoms with Crippen LogP contribution in [0.1, 0.15) is 41.3 Å². The number of nitriles is 1. The number of benzene rings is 2. The zero-order valence-corrected chi connectivity index (χ0v) is 16.3. The minimum atomic E-state index is -0.325. The van der Waals surface area contributed by atoms with Crippen molar-refractivity contribution in [3.8, 4) is 6.07 Å². The van der Waals surface area contributed by atoms with E-state index in [0.717, 1.165) is 29.8 Å². The lowest BCUT2D eigenvalue weighted by Gasteiger charge is -2.13. The van der Waals surface area contributed by atoms with Gasteiger partial charge in [-0.1, -0.05) is 31.2 Å². The lowest BCUT2D eigenvalue weighted by atomic mass is 10.1. The van der Waals surface area contributed by atoms with Gasteiger partial charge in [0, 0.05) is 17.9 Å². The SMILES string of the molecule is CCC1=CC(CCNc2ccccc2C(=O)NOCc2ccc(C#N)cc2)ON1. The van der Waals surface area contributed by atoms with Crippen molar-refractivity contribution >= 4 is 11.6 Å². The molecular weight excluding hydrogens is 368 g/mol. The first-order valence-electron chi connectivity index (χ1n) is 9.56. The second-order valence-electron chi connectivity index (χ2n) is 6.59. The van der Waals surface area contributed by atoms with Crippen molar-refractivity contribution in [1.82, 2.24) is 11.0 Å². The molecule has 1 amide bonds. The Labute approximate surface area is 170 Å². The van der Waals surface area contributed by atoms with E-state index < -0.39 is 0 Å². The van der Waals surface area contributed by atoms with Gasteiger partial charge in [0.15, 0.2) is 0 Å². The second-order valence-corrected chi connectivity index (χ2v) is 6.59. The molecule has 0 radical (unpaired) electrons. The number of hydrogen-bond donors (Lipinski definition) is 3. The van der Waals surface area contributed by atoms with Crippen molar-refractivity contribution in [2.24, 2.45) is 0 Å². The molecule has 0 bridgehead atoms. The third-order valence-corrected chi connectivity index (χ3v) is 4.51. The molecule has 29 heavy (non-hydrogen) atoms. The molecule has 2 aromatic rings. The quantitative estimate of drug-likeness (QED) is 0.566. The number of anilines is 1. The van der Waals surface area contributed by atoms with Crippen molar-refractivity contribution in [1.29, 1.82) is 5.26 Å². The van der Waals surface area contributed by atoms with E-state index in [1.807, 2.05) is 12.1 Å². The van der Waals surface area contributed by atoms with E-state index in [2.05, 4.69) is 35.3 Å². The fourth-order valence-electron chi connectivity index (χ4n) is 2.88. The standard InChI is InChI=1S/C22H24N4O3/c1-2-18-13-19(29-25-18)11-12-24-21-6-4-3-5-20(21)22(27)26-28-15-17-9-7-16(14-23)8-10-17/h3-10,13,19,24-25H,2,11-12,15H2,1H3,(H,26,27). The number of amides is 1. The average molecular weight is 392 g/mol.